The molecule has 0 N–H and O–H groups in total. The summed E-state index contributed by atoms with van der Waals surface area (Å²) in [7, 11) is 0. The second kappa shape index (κ2) is 7.45. The monoisotopic (exact) mass is 360 g/mol. The zero-order chi connectivity index (χ0) is 17.1. The Kier molecular flexibility index (Phi) is 4.90. The van der Waals surface area contributed by atoms with Crippen molar-refractivity contribution in [2.24, 2.45) is 0 Å². The predicted molar refractivity (Wildman–Crippen MR) is 94.6 cm³/mol. The van der Waals surface area contributed by atoms with Crippen molar-refractivity contribution in [3.05, 3.63) is 35.2 Å². The predicted octanol–water partition coefficient (Wildman–Crippen LogP) is 3.91. The first-order chi connectivity index (χ1) is 12.3. The lowest BCUT2D eigenvalue weighted by molar-refractivity contribution is -0.0298. The first-order valence-corrected chi connectivity index (χ1v) is 9.40. The minimum atomic E-state index is -0.289. The topological polar surface area (TPSA) is 54.0 Å². The molecule has 0 bridgehead atoms. The Morgan fingerprint density at radius 1 is 1.08 bits per heavy atom. The summed E-state index contributed by atoms with van der Waals surface area (Å²) in [6, 6.07) is 9.57. The molecule has 1 aromatic carbocycles. The summed E-state index contributed by atoms with van der Waals surface area (Å²) in [4.78, 5) is 13.8. The van der Waals surface area contributed by atoms with E-state index in [-0.39, 0.29) is 12.1 Å². The summed E-state index contributed by atoms with van der Waals surface area (Å²) in [6.07, 6.45) is 3.22. The lowest BCUT2D eigenvalue weighted by atomic mass is 10.1. The molecule has 1 atom stereocenters. The maximum Gasteiger partial charge on any atom is 0.348 e. The van der Waals surface area contributed by atoms with Crippen LogP contribution in [0.3, 0.4) is 0 Å². The number of carbonyl (C=O) groups is 1. The average Bonchev–Trinajstić information content (AvgIpc) is 3.17. The molecule has 0 saturated carbocycles. The van der Waals surface area contributed by atoms with Crippen LogP contribution < -0.4 is 9.47 Å². The molecule has 5 nitrogen and oxygen atoms in total. The molecule has 2 aliphatic heterocycles. The van der Waals surface area contributed by atoms with Gasteiger partial charge in [-0.05, 0) is 55.2 Å². The second-order valence-corrected chi connectivity index (χ2v) is 7.19. The smallest absolute Gasteiger partial charge is 0.348 e. The SMILES string of the molecule is O=C(OCC1CCCCO1)c1ccc(-c2ccc3c(c2)OCCO3)s1. The molecule has 1 saturated heterocycles. The molecule has 6 heteroatoms. The van der Waals surface area contributed by atoms with Crippen LogP contribution in [0.5, 0.6) is 11.5 Å². The van der Waals surface area contributed by atoms with Gasteiger partial charge in [-0.1, -0.05) is 0 Å². The van der Waals surface area contributed by atoms with Gasteiger partial charge in [-0.2, -0.15) is 0 Å². The van der Waals surface area contributed by atoms with E-state index in [2.05, 4.69) is 0 Å². The first-order valence-electron chi connectivity index (χ1n) is 8.58. The first kappa shape index (κ1) is 16.4. The number of thiophene rings is 1. The third-order valence-electron chi connectivity index (χ3n) is 4.31. The van der Waals surface area contributed by atoms with Crippen molar-refractivity contribution in [1.29, 1.82) is 0 Å². The number of ether oxygens (including phenoxy) is 4. The number of benzene rings is 1. The van der Waals surface area contributed by atoms with E-state index in [1.807, 2.05) is 24.3 Å². The normalized spacial score (nSPS) is 19.4. The highest BCUT2D eigenvalue weighted by molar-refractivity contribution is 7.17. The molecule has 0 aliphatic carbocycles. The zero-order valence-corrected chi connectivity index (χ0v) is 14.7. The maximum absolute atomic E-state index is 12.3. The van der Waals surface area contributed by atoms with E-state index >= 15 is 0 Å². The van der Waals surface area contributed by atoms with E-state index < -0.39 is 0 Å². The van der Waals surface area contributed by atoms with Crippen molar-refractivity contribution in [1.82, 2.24) is 0 Å². The van der Waals surface area contributed by atoms with Crippen molar-refractivity contribution < 1.29 is 23.7 Å². The number of esters is 1. The maximum atomic E-state index is 12.3. The van der Waals surface area contributed by atoms with E-state index in [0.29, 0.717) is 24.7 Å². The van der Waals surface area contributed by atoms with Gasteiger partial charge in [0.1, 0.15) is 24.7 Å². The van der Waals surface area contributed by atoms with E-state index in [0.717, 1.165) is 47.8 Å². The third kappa shape index (κ3) is 3.80. The summed E-state index contributed by atoms with van der Waals surface area (Å²) in [5, 5.41) is 0. The van der Waals surface area contributed by atoms with Gasteiger partial charge < -0.3 is 18.9 Å². The van der Waals surface area contributed by atoms with Crippen LogP contribution in [0.1, 0.15) is 28.9 Å². The van der Waals surface area contributed by atoms with Crippen molar-refractivity contribution in [2.45, 2.75) is 25.4 Å². The fraction of sp³-hybridized carbons (Fsp3) is 0.421. The van der Waals surface area contributed by atoms with Gasteiger partial charge in [0.15, 0.2) is 11.5 Å². The Morgan fingerprint density at radius 3 is 2.80 bits per heavy atom. The summed E-state index contributed by atoms with van der Waals surface area (Å²) < 4.78 is 22.2. The molecule has 0 radical (unpaired) electrons. The lowest BCUT2D eigenvalue weighted by Crippen LogP contribution is -2.25. The average molecular weight is 360 g/mol. The van der Waals surface area contributed by atoms with Gasteiger partial charge >= 0.3 is 5.97 Å². The minimum Gasteiger partial charge on any atom is -0.486 e. The molecule has 0 spiro atoms. The number of carbonyl (C=O) groups excluding carboxylic acids is 1. The molecule has 2 aliphatic rings. The van der Waals surface area contributed by atoms with Crippen molar-refractivity contribution in [3.8, 4) is 21.9 Å². The van der Waals surface area contributed by atoms with Gasteiger partial charge in [0.2, 0.25) is 0 Å². The zero-order valence-electron chi connectivity index (χ0n) is 13.9. The molecule has 25 heavy (non-hydrogen) atoms. The molecule has 132 valence electrons. The standard InChI is InChI=1S/C19H20O5S/c20-19(24-12-14-3-1-2-8-21-14)18-7-6-17(25-18)13-4-5-15-16(11-13)23-10-9-22-15/h4-7,11,14H,1-3,8-10,12H2. The highest BCUT2D eigenvalue weighted by Crippen LogP contribution is 2.37. The van der Waals surface area contributed by atoms with Crippen molar-refractivity contribution in [2.75, 3.05) is 26.4 Å². The molecular weight excluding hydrogens is 340 g/mol. The fourth-order valence-corrected chi connectivity index (χ4v) is 3.87. The van der Waals surface area contributed by atoms with Crippen LogP contribution in [0.15, 0.2) is 30.3 Å². The number of rotatable bonds is 4. The van der Waals surface area contributed by atoms with Crippen LogP contribution in [-0.2, 0) is 9.47 Å². The molecule has 3 heterocycles. The molecule has 0 amide bonds. The van der Waals surface area contributed by atoms with Gasteiger partial charge in [-0.3, -0.25) is 0 Å². The largest absolute Gasteiger partial charge is 0.486 e. The molecule has 1 unspecified atom stereocenters. The third-order valence-corrected chi connectivity index (χ3v) is 5.42. The summed E-state index contributed by atoms with van der Waals surface area (Å²) >= 11 is 1.42. The fourth-order valence-electron chi connectivity index (χ4n) is 2.98. The van der Waals surface area contributed by atoms with Crippen LogP contribution in [-0.4, -0.2) is 38.5 Å². The molecule has 1 aromatic heterocycles. The van der Waals surface area contributed by atoms with E-state index in [1.54, 1.807) is 6.07 Å². The van der Waals surface area contributed by atoms with Crippen LogP contribution in [0.2, 0.25) is 0 Å². The Balaban J connectivity index is 1.42. The highest BCUT2D eigenvalue weighted by Gasteiger charge is 2.19. The summed E-state index contributed by atoms with van der Waals surface area (Å²) in [5.74, 6) is 1.22. The molecule has 2 aromatic rings. The van der Waals surface area contributed by atoms with E-state index in [1.165, 1.54) is 11.3 Å². The van der Waals surface area contributed by atoms with Gasteiger partial charge in [0, 0.05) is 11.5 Å². The van der Waals surface area contributed by atoms with Gasteiger partial charge in [-0.25, -0.2) is 4.79 Å². The summed E-state index contributed by atoms with van der Waals surface area (Å²) in [5.41, 5.74) is 1.00. The Labute approximate surface area is 150 Å². The van der Waals surface area contributed by atoms with Gasteiger partial charge in [0.25, 0.3) is 0 Å². The Bertz CT molecular complexity index is 748. The van der Waals surface area contributed by atoms with Gasteiger partial charge in [-0.15, -0.1) is 11.3 Å². The minimum absolute atomic E-state index is 0.0370. The van der Waals surface area contributed by atoms with Crippen LogP contribution in [0.4, 0.5) is 0 Å². The summed E-state index contributed by atoms with van der Waals surface area (Å²) in [6.45, 7) is 2.22. The number of hydrogen-bond acceptors (Lipinski definition) is 6. The van der Waals surface area contributed by atoms with Crippen LogP contribution in [0.25, 0.3) is 10.4 Å². The van der Waals surface area contributed by atoms with Crippen molar-refractivity contribution in [3.63, 3.8) is 0 Å². The van der Waals surface area contributed by atoms with Crippen LogP contribution >= 0.6 is 11.3 Å². The Hall–Kier alpha value is -2.05. The number of hydrogen-bond donors (Lipinski definition) is 0. The highest BCUT2D eigenvalue weighted by atomic mass is 32.1. The van der Waals surface area contributed by atoms with E-state index in [4.69, 9.17) is 18.9 Å². The molecule has 4 rings (SSSR count). The second-order valence-electron chi connectivity index (χ2n) is 6.11. The number of fused-ring (bicyclic) bond motifs is 1. The van der Waals surface area contributed by atoms with Crippen LogP contribution in [0, 0.1) is 0 Å². The lowest BCUT2D eigenvalue weighted by Gasteiger charge is -2.21. The molecule has 1 fully saturated rings. The quantitative estimate of drug-likeness (QED) is 0.774. The van der Waals surface area contributed by atoms with Gasteiger partial charge in [0.05, 0.1) is 6.10 Å². The van der Waals surface area contributed by atoms with E-state index in [9.17, 15) is 4.79 Å². The molecular formula is C19H20O5S. The Morgan fingerprint density at radius 2 is 1.96 bits per heavy atom. The van der Waals surface area contributed by atoms with Crippen molar-refractivity contribution >= 4 is 17.3 Å².